The van der Waals surface area contributed by atoms with Crippen LogP contribution in [0.2, 0.25) is 0 Å². The largest absolute Gasteiger partial charge is 0.326 e. The summed E-state index contributed by atoms with van der Waals surface area (Å²) < 4.78 is 0. The lowest BCUT2D eigenvalue weighted by Gasteiger charge is -2.16. The van der Waals surface area contributed by atoms with Gasteiger partial charge in [0, 0.05) is 18.1 Å². The van der Waals surface area contributed by atoms with Crippen molar-refractivity contribution in [1.82, 2.24) is 5.32 Å². The van der Waals surface area contributed by atoms with Crippen molar-refractivity contribution in [2.24, 2.45) is 5.73 Å². The van der Waals surface area contributed by atoms with E-state index in [0.29, 0.717) is 6.04 Å². The summed E-state index contributed by atoms with van der Waals surface area (Å²) in [6.07, 6.45) is 13.8. The maximum atomic E-state index is 6.15. The third-order valence-electron chi connectivity index (χ3n) is 4.17. The molecule has 2 unspecified atom stereocenters. The van der Waals surface area contributed by atoms with Gasteiger partial charge in [0.05, 0.1) is 0 Å². The molecule has 1 rings (SSSR count). The van der Waals surface area contributed by atoms with Crippen molar-refractivity contribution < 1.29 is 0 Å². The van der Waals surface area contributed by atoms with E-state index in [0.717, 1.165) is 6.54 Å². The average molecular weight is 240 g/mol. The van der Waals surface area contributed by atoms with Crippen LogP contribution >= 0.6 is 0 Å². The molecule has 1 saturated heterocycles. The van der Waals surface area contributed by atoms with Crippen molar-refractivity contribution >= 4 is 0 Å². The van der Waals surface area contributed by atoms with E-state index in [1.165, 1.54) is 64.2 Å². The summed E-state index contributed by atoms with van der Waals surface area (Å²) in [6.45, 7) is 5.63. The number of hydrogen-bond acceptors (Lipinski definition) is 2. The number of hydrogen-bond donors (Lipinski definition) is 2. The van der Waals surface area contributed by atoms with Crippen molar-refractivity contribution in [1.29, 1.82) is 0 Å². The van der Waals surface area contributed by atoms with Crippen LogP contribution in [-0.4, -0.2) is 18.1 Å². The molecule has 1 aliphatic heterocycles. The van der Waals surface area contributed by atoms with Crippen molar-refractivity contribution in [2.45, 2.75) is 89.6 Å². The zero-order chi connectivity index (χ0) is 12.6. The van der Waals surface area contributed by atoms with Crippen LogP contribution in [0.15, 0.2) is 0 Å². The minimum atomic E-state index is 0.278. The van der Waals surface area contributed by atoms with Gasteiger partial charge in [-0.2, -0.15) is 0 Å². The summed E-state index contributed by atoms with van der Waals surface area (Å²) in [7, 11) is 0. The van der Waals surface area contributed by atoms with Crippen LogP contribution in [0.25, 0.3) is 0 Å². The number of rotatable bonds is 11. The van der Waals surface area contributed by atoms with E-state index in [4.69, 9.17) is 5.73 Å². The van der Waals surface area contributed by atoms with E-state index in [-0.39, 0.29) is 5.54 Å². The van der Waals surface area contributed by atoms with Gasteiger partial charge < -0.3 is 11.1 Å². The van der Waals surface area contributed by atoms with Crippen molar-refractivity contribution in [3.8, 4) is 0 Å². The Kier molecular flexibility index (Phi) is 7.14. The first-order valence-electron chi connectivity index (χ1n) is 7.69. The van der Waals surface area contributed by atoms with Crippen LogP contribution in [0.3, 0.4) is 0 Å². The normalized spacial score (nSPS) is 24.9. The third kappa shape index (κ3) is 6.42. The minimum Gasteiger partial charge on any atom is -0.326 e. The van der Waals surface area contributed by atoms with Crippen LogP contribution in [0.1, 0.15) is 78.1 Å². The molecule has 1 aliphatic rings. The van der Waals surface area contributed by atoms with E-state index in [9.17, 15) is 0 Å². The summed E-state index contributed by atoms with van der Waals surface area (Å²) in [5.74, 6) is 0. The highest BCUT2D eigenvalue weighted by Crippen LogP contribution is 2.23. The summed E-state index contributed by atoms with van der Waals surface area (Å²) in [4.78, 5) is 0. The molecule has 2 nitrogen and oxygen atoms in total. The Labute approximate surface area is 108 Å². The molecule has 102 valence electrons. The maximum absolute atomic E-state index is 6.15. The van der Waals surface area contributed by atoms with Gasteiger partial charge in [-0.1, -0.05) is 64.7 Å². The van der Waals surface area contributed by atoms with E-state index >= 15 is 0 Å². The second-order valence-electron chi connectivity index (χ2n) is 5.99. The van der Waals surface area contributed by atoms with Gasteiger partial charge in [-0.25, -0.2) is 0 Å². The smallest absolute Gasteiger partial charge is 0.0431 e. The molecule has 0 saturated carbocycles. The zero-order valence-electron chi connectivity index (χ0n) is 11.9. The van der Waals surface area contributed by atoms with Crippen molar-refractivity contribution in [3.05, 3.63) is 0 Å². The van der Waals surface area contributed by atoms with Crippen molar-refractivity contribution in [3.63, 3.8) is 0 Å². The van der Waals surface area contributed by atoms with Gasteiger partial charge in [0.1, 0.15) is 0 Å². The second-order valence-corrected chi connectivity index (χ2v) is 5.99. The Morgan fingerprint density at radius 2 is 1.47 bits per heavy atom. The Morgan fingerprint density at radius 1 is 1.00 bits per heavy atom. The number of nitrogens with two attached hydrogens (primary N) is 1. The van der Waals surface area contributed by atoms with Crippen molar-refractivity contribution in [2.75, 3.05) is 6.54 Å². The molecule has 1 heterocycles. The summed E-state index contributed by atoms with van der Waals surface area (Å²) >= 11 is 0. The van der Waals surface area contributed by atoms with Gasteiger partial charge in [-0.15, -0.1) is 0 Å². The molecule has 0 aliphatic carbocycles. The van der Waals surface area contributed by atoms with Gasteiger partial charge in [0.2, 0.25) is 0 Å². The number of nitrogens with one attached hydrogen (secondary N) is 1. The highest BCUT2D eigenvalue weighted by molar-refractivity contribution is 5.07. The van der Waals surface area contributed by atoms with Gasteiger partial charge in [0.25, 0.3) is 0 Å². The Hall–Kier alpha value is -0.0800. The lowest BCUT2D eigenvalue weighted by Crippen LogP contribution is -2.37. The fourth-order valence-corrected chi connectivity index (χ4v) is 2.40. The molecule has 2 atom stereocenters. The first kappa shape index (κ1) is 15.0. The predicted octanol–water partition coefficient (Wildman–Crippen LogP) is 3.60. The Balaban J connectivity index is 1.78. The molecule has 0 spiro atoms. The first-order chi connectivity index (χ1) is 8.19. The van der Waals surface area contributed by atoms with E-state index in [1.807, 2.05) is 0 Å². The Morgan fingerprint density at radius 3 is 1.94 bits per heavy atom. The van der Waals surface area contributed by atoms with Crippen LogP contribution in [-0.2, 0) is 0 Å². The quantitative estimate of drug-likeness (QED) is 0.428. The van der Waals surface area contributed by atoms with Crippen LogP contribution < -0.4 is 11.1 Å². The standard InChI is InChI=1S/C15H32N2/c1-3-4-5-6-7-8-9-10-11-12-14(16)15(2)13-17-15/h14,17H,3-13,16H2,1-2H3. The third-order valence-corrected chi connectivity index (χ3v) is 4.17. The number of unbranched alkanes of at least 4 members (excludes halogenated alkanes) is 8. The lowest BCUT2D eigenvalue weighted by molar-refractivity contribution is 0.460. The molecule has 17 heavy (non-hydrogen) atoms. The zero-order valence-corrected chi connectivity index (χ0v) is 11.9. The molecule has 0 aromatic carbocycles. The maximum Gasteiger partial charge on any atom is 0.0431 e. The Bertz CT molecular complexity index is 187. The molecule has 0 amide bonds. The van der Waals surface area contributed by atoms with E-state index in [1.54, 1.807) is 0 Å². The highest BCUT2D eigenvalue weighted by atomic mass is 15.2. The molecule has 1 fully saturated rings. The molecular formula is C15H32N2. The fraction of sp³-hybridized carbons (Fsp3) is 1.00. The van der Waals surface area contributed by atoms with Gasteiger partial charge in [-0.05, 0) is 13.3 Å². The monoisotopic (exact) mass is 240 g/mol. The first-order valence-corrected chi connectivity index (χ1v) is 7.69. The average Bonchev–Trinajstić information content (AvgIpc) is 3.06. The molecule has 2 heteroatoms. The SMILES string of the molecule is CCCCCCCCCCCC(N)C1(C)CN1. The molecular weight excluding hydrogens is 208 g/mol. The molecule has 0 bridgehead atoms. The van der Waals surface area contributed by atoms with E-state index < -0.39 is 0 Å². The summed E-state index contributed by atoms with van der Waals surface area (Å²) in [6, 6.07) is 0.368. The fourth-order valence-electron chi connectivity index (χ4n) is 2.40. The van der Waals surface area contributed by atoms with Crippen LogP contribution in [0.5, 0.6) is 0 Å². The summed E-state index contributed by atoms with van der Waals surface area (Å²) in [5.41, 5.74) is 6.42. The molecule has 0 aromatic heterocycles. The molecule has 0 aromatic rings. The topological polar surface area (TPSA) is 48.0 Å². The van der Waals surface area contributed by atoms with Gasteiger partial charge >= 0.3 is 0 Å². The second kappa shape index (κ2) is 8.10. The highest BCUT2D eigenvalue weighted by Gasteiger charge is 2.41. The van der Waals surface area contributed by atoms with E-state index in [2.05, 4.69) is 19.2 Å². The predicted molar refractivity (Wildman–Crippen MR) is 76.2 cm³/mol. The van der Waals surface area contributed by atoms with Crippen LogP contribution in [0, 0.1) is 0 Å². The summed E-state index contributed by atoms with van der Waals surface area (Å²) in [5, 5.41) is 3.37. The lowest BCUT2D eigenvalue weighted by atomic mass is 9.96. The molecule has 3 N–H and O–H groups in total. The molecule has 0 radical (unpaired) electrons. The minimum absolute atomic E-state index is 0.278. The van der Waals surface area contributed by atoms with Gasteiger partial charge in [-0.3, -0.25) is 0 Å². The van der Waals surface area contributed by atoms with Crippen LogP contribution in [0.4, 0.5) is 0 Å². The van der Waals surface area contributed by atoms with Gasteiger partial charge in [0.15, 0.2) is 0 Å².